The number of halogens is 1. The highest BCUT2D eigenvalue weighted by Crippen LogP contribution is 2.23. The lowest BCUT2D eigenvalue weighted by molar-refractivity contribution is 0.0742. The van der Waals surface area contributed by atoms with Gasteiger partial charge in [0.1, 0.15) is 5.75 Å². The van der Waals surface area contributed by atoms with Crippen molar-refractivity contribution in [3.8, 4) is 5.75 Å². The SMILES string of the molecule is COc1cccc(N2CCN(C(=O)c3ccccc3C(=O)c3ccc(Br)cc3)CC2)c1. The number of piperazine rings is 1. The molecule has 1 amide bonds. The summed E-state index contributed by atoms with van der Waals surface area (Å²) in [6.07, 6.45) is 0. The van der Waals surface area contributed by atoms with E-state index in [1.807, 2.05) is 41.3 Å². The summed E-state index contributed by atoms with van der Waals surface area (Å²) in [5, 5.41) is 0. The molecule has 6 heteroatoms. The van der Waals surface area contributed by atoms with Gasteiger partial charge < -0.3 is 14.5 Å². The average molecular weight is 479 g/mol. The third-order valence-corrected chi connectivity index (χ3v) is 6.02. The number of rotatable bonds is 5. The van der Waals surface area contributed by atoms with Crippen LogP contribution in [0.4, 0.5) is 5.69 Å². The van der Waals surface area contributed by atoms with Gasteiger partial charge in [0.15, 0.2) is 5.78 Å². The van der Waals surface area contributed by atoms with E-state index in [2.05, 4.69) is 20.8 Å². The normalized spacial score (nSPS) is 13.7. The van der Waals surface area contributed by atoms with Gasteiger partial charge in [-0.15, -0.1) is 0 Å². The third kappa shape index (κ3) is 4.64. The van der Waals surface area contributed by atoms with Crippen LogP contribution in [0.15, 0.2) is 77.3 Å². The van der Waals surface area contributed by atoms with Crippen molar-refractivity contribution in [1.82, 2.24) is 4.90 Å². The molecule has 1 heterocycles. The number of carbonyl (C=O) groups is 2. The van der Waals surface area contributed by atoms with Crippen molar-refractivity contribution in [2.75, 3.05) is 38.2 Å². The highest BCUT2D eigenvalue weighted by molar-refractivity contribution is 9.10. The minimum Gasteiger partial charge on any atom is -0.497 e. The molecule has 1 aliphatic heterocycles. The van der Waals surface area contributed by atoms with Gasteiger partial charge in [-0.3, -0.25) is 9.59 Å². The number of anilines is 1. The van der Waals surface area contributed by atoms with Gasteiger partial charge in [0.05, 0.1) is 12.7 Å². The molecule has 3 aromatic rings. The standard InChI is InChI=1S/C25H23BrN2O3/c1-31-21-6-4-5-20(17-21)27-13-15-28(16-14-27)25(30)23-8-3-2-7-22(23)24(29)18-9-11-19(26)12-10-18/h2-12,17H,13-16H2,1H3. The molecule has 0 aromatic heterocycles. The van der Waals surface area contributed by atoms with Crippen LogP contribution in [0.5, 0.6) is 5.75 Å². The number of benzene rings is 3. The lowest BCUT2D eigenvalue weighted by Gasteiger charge is -2.36. The van der Waals surface area contributed by atoms with E-state index in [0.717, 1.165) is 29.0 Å². The summed E-state index contributed by atoms with van der Waals surface area (Å²) in [7, 11) is 1.66. The maximum atomic E-state index is 13.3. The Morgan fingerprint density at radius 3 is 2.19 bits per heavy atom. The third-order valence-electron chi connectivity index (χ3n) is 5.49. The number of ketones is 1. The number of ether oxygens (including phenoxy) is 1. The summed E-state index contributed by atoms with van der Waals surface area (Å²) in [5.41, 5.74) is 2.53. The molecule has 0 saturated carbocycles. The molecule has 0 radical (unpaired) electrons. The lowest BCUT2D eigenvalue weighted by Crippen LogP contribution is -2.49. The number of hydrogen-bond donors (Lipinski definition) is 0. The number of amides is 1. The second kappa shape index (κ2) is 9.35. The smallest absolute Gasteiger partial charge is 0.254 e. The Bertz CT molecular complexity index is 1090. The van der Waals surface area contributed by atoms with Crippen molar-refractivity contribution in [2.45, 2.75) is 0 Å². The molecule has 0 bridgehead atoms. The lowest BCUT2D eigenvalue weighted by atomic mass is 9.97. The average Bonchev–Trinajstić information content (AvgIpc) is 2.84. The van der Waals surface area contributed by atoms with Crippen LogP contribution in [0.1, 0.15) is 26.3 Å². The topological polar surface area (TPSA) is 49.9 Å². The summed E-state index contributed by atoms with van der Waals surface area (Å²) in [6.45, 7) is 2.64. The maximum absolute atomic E-state index is 13.3. The summed E-state index contributed by atoms with van der Waals surface area (Å²) >= 11 is 3.39. The van der Waals surface area contributed by atoms with Gasteiger partial charge in [0, 0.05) is 53.5 Å². The van der Waals surface area contributed by atoms with Gasteiger partial charge in [0.2, 0.25) is 0 Å². The van der Waals surface area contributed by atoms with E-state index < -0.39 is 0 Å². The minimum atomic E-state index is -0.147. The number of hydrogen-bond acceptors (Lipinski definition) is 4. The molecule has 0 atom stereocenters. The molecule has 1 aliphatic rings. The maximum Gasteiger partial charge on any atom is 0.254 e. The highest BCUT2D eigenvalue weighted by atomic mass is 79.9. The second-order valence-electron chi connectivity index (χ2n) is 7.36. The molecule has 3 aromatic carbocycles. The molecule has 0 unspecified atom stereocenters. The predicted octanol–water partition coefficient (Wildman–Crippen LogP) is 4.65. The first-order valence-corrected chi connectivity index (χ1v) is 10.9. The Hall–Kier alpha value is -3.12. The van der Waals surface area contributed by atoms with Gasteiger partial charge in [-0.25, -0.2) is 0 Å². The van der Waals surface area contributed by atoms with Crippen molar-refractivity contribution in [3.05, 3.63) is 94.0 Å². The van der Waals surface area contributed by atoms with E-state index in [1.165, 1.54) is 0 Å². The van der Waals surface area contributed by atoms with E-state index in [-0.39, 0.29) is 11.7 Å². The Morgan fingerprint density at radius 2 is 1.52 bits per heavy atom. The number of nitrogens with zero attached hydrogens (tertiary/aromatic N) is 2. The van der Waals surface area contributed by atoms with Crippen LogP contribution in [0, 0.1) is 0 Å². The minimum absolute atomic E-state index is 0.105. The first-order valence-electron chi connectivity index (χ1n) is 10.1. The van der Waals surface area contributed by atoms with Crippen LogP contribution in [-0.2, 0) is 0 Å². The molecule has 0 spiro atoms. The van der Waals surface area contributed by atoms with E-state index in [1.54, 1.807) is 43.5 Å². The van der Waals surface area contributed by atoms with Crippen molar-refractivity contribution in [2.24, 2.45) is 0 Å². The van der Waals surface area contributed by atoms with Crippen LogP contribution in [0.25, 0.3) is 0 Å². The van der Waals surface area contributed by atoms with Gasteiger partial charge in [0.25, 0.3) is 5.91 Å². The Labute approximate surface area is 190 Å². The molecule has 4 rings (SSSR count). The van der Waals surface area contributed by atoms with E-state index in [4.69, 9.17) is 4.74 Å². The molecule has 0 aliphatic carbocycles. The Kier molecular flexibility index (Phi) is 6.37. The quantitative estimate of drug-likeness (QED) is 0.500. The van der Waals surface area contributed by atoms with Crippen LogP contribution in [0.2, 0.25) is 0 Å². The van der Waals surface area contributed by atoms with E-state index >= 15 is 0 Å². The number of carbonyl (C=O) groups excluding carboxylic acids is 2. The Balaban J connectivity index is 1.49. The molecular formula is C25H23BrN2O3. The zero-order valence-electron chi connectivity index (χ0n) is 17.3. The van der Waals surface area contributed by atoms with Crippen LogP contribution in [-0.4, -0.2) is 49.9 Å². The molecule has 1 fully saturated rings. The fourth-order valence-corrected chi connectivity index (χ4v) is 4.03. The number of methoxy groups -OCH3 is 1. The van der Waals surface area contributed by atoms with Crippen molar-refractivity contribution in [3.63, 3.8) is 0 Å². The highest BCUT2D eigenvalue weighted by Gasteiger charge is 2.26. The second-order valence-corrected chi connectivity index (χ2v) is 8.28. The largest absolute Gasteiger partial charge is 0.497 e. The first kappa shape index (κ1) is 21.1. The zero-order valence-corrected chi connectivity index (χ0v) is 18.8. The van der Waals surface area contributed by atoms with Gasteiger partial charge in [-0.2, -0.15) is 0 Å². The molecule has 158 valence electrons. The van der Waals surface area contributed by atoms with Crippen LogP contribution in [0.3, 0.4) is 0 Å². The van der Waals surface area contributed by atoms with Crippen molar-refractivity contribution < 1.29 is 14.3 Å². The van der Waals surface area contributed by atoms with E-state index in [0.29, 0.717) is 29.8 Å². The molecular weight excluding hydrogens is 456 g/mol. The molecule has 0 N–H and O–H groups in total. The summed E-state index contributed by atoms with van der Waals surface area (Å²) in [5.74, 6) is 0.564. The molecule has 1 saturated heterocycles. The van der Waals surface area contributed by atoms with Gasteiger partial charge in [-0.1, -0.05) is 40.2 Å². The first-order chi connectivity index (χ1) is 15.1. The van der Waals surface area contributed by atoms with Crippen LogP contribution < -0.4 is 9.64 Å². The predicted molar refractivity (Wildman–Crippen MR) is 125 cm³/mol. The van der Waals surface area contributed by atoms with Crippen LogP contribution >= 0.6 is 15.9 Å². The van der Waals surface area contributed by atoms with Gasteiger partial charge >= 0.3 is 0 Å². The Morgan fingerprint density at radius 1 is 0.839 bits per heavy atom. The molecule has 31 heavy (non-hydrogen) atoms. The van der Waals surface area contributed by atoms with Crippen molar-refractivity contribution >= 4 is 33.3 Å². The zero-order chi connectivity index (χ0) is 21.8. The summed E-state index contributed by atoms with van der Waals surface area (Å²) in [6, 6.07) is 22.2. The van der Waals surface area contributed by atoms with Gasteiger partial charge in [-0.05, 0) is 42.5 Å². The fourth-order valence-electron chi connectivity index (χ4n) is 3.77. The summed E-state index contributed by atoms with van der Waals surface area (Å²) in [4.78, 5) is 30.4. The van der Waals surface area contributed by atoms with Crippen molar-refractivity contribution in [1.29, 1.82) is 0 Å². The van der Waals surface area contributed by atoms with E-state index in [9.17, 15) is 9.59 Å². The monoisotopic (exact) mass is 478 g/mol. The fraction of sp³-hybridized carbons (Fsp3) is 0.200. The summed E-state index contributed by atoms with van der Waals surface area (Å²) < 4.78 is 6.22. The molecule has 5 nitrogen and oxygen atoms in total.